The molecule has 66 heavy (non-hydrogen) atoms. The summed E-state index contributed by atoms with van der Waals surface area (Å²) in [6.45, 7) is 2.33. The Morgan fingerprint density at radius 1 is 0.364 bits per heavy atom. The average Bonchev–Trinajstić information content (AvgIpc) is 3.89. The number of nitriles is 2. The molecule has 0 saturated carbocycles. The van der Waals surface area contributed by atoms with E-state index in [9.17, 15) is 10.5 Å². The van der Waals surface area contributed by atoms with E-state index >= 15 is 0 Å². The molecule has 15 rings (SSSR count). The Bertz CT molecular complexity index is 3990. The van der Waals surface area contributed by atoms with Crippen LogP contribution in [0.2, 0.25) is 0 Å². The molecule has 4 aliphatic rings. The fourth-order valence-electron chi connectivity index (χ4n) is 13.6. The molecule has 5 heteroatoms. The Morgan fingerprint density at radius 2 is 0.758 bits per heavy atom. The van der Waals surface area contributed by atoms with Crippen molar-refractivity contribution in [2.45, 2.75) is 6.92 Å². The van der Waals surface area contributed by atoms with Gasteiger partial charge in [0.25, 0.3) is 0 Å². The molecule has 0 atom stereocenters. The van der Waals surface area contributed by atoms with Gasteiger partial charge in [0.2, 0.25) is 13.4 Å². The van der Waals surface area contributed by atoms with Crippen LogP contribution in [0, 0.1) is 29.6 Å². The van der Waals surface area contributed by atoms with E-state index in [-0.39, 0.29) is 13.4 Å². The monoisotopic (exact) mass is 844 g/mol. The molecule has 0 saturated heterocycles. The maximum absolute atomic E-state index is 10.8. The third-order valence-corrected chi connectivity index (χ3v) is 20.7. The van der Waals surface area contributed by atoms with Crippen LogP contribution in [0.4, 0.5) is 0 Å². The first-order chi connectivity index (χ1) is 32.6. The topological polar surface area (TPSA) is 47.6 Å². The zero-order chi connectivity index (χ0) is 43.6. The minimum atomic E-state index is -3.18. The van der Waals surface area contributed by atoms with Gasteiger partial charge >= 0.3 is 0 Å². The van der Waals surface area contributed by atoms with Crippen LogP contribution >= 0.6 is 0 Å². The number of aryl methyl sites for hydroxylation is 1. The molecule has 0 aromatic heterocycles. The lowest BCUT2D eigenvalue weighted by atomic mass is 9.34. The highest BCUT2D eigenvalue weighted by Crippen LogP contribution is 2.47. The standard InChI is InChI=1S/C61H34B2N2Si/c1-35-25-44-48-28-36(33-64)26-46-41-21-12-14-24-52(41)63(60(46)48)54-31-50-55(66(38-15-5-2-6-16-38,39-17-7-3-8-18-39)40-19-9-4-10-20-40)32-45-49-29-37(34-65)27-47-42-22-11-13-23-51(42)62(61(47)49)53-30-43(35)58(56(44)54)59(50)57(45)53/h2-32H,1H3. The molecule has 11 aromatic carbocycles. The molecule has 0 aliphatic carbocycles. The highest BCUT2D eigenvalue weighted by Gasteiger charge is 2.48. The predicted octanol–water partition coefficient (Wildman–Crippen LogP) is 6.97. The minimum Gasteiger partial charge on any atom is -0.192 e. The fraction of sp³-hybridized carbons (Fsp3) is 0.0164. The van der Waals surface area contributed by atoms with Gasteiger partial charge in [-0.15, -0.1) is 0 Å². The largest absolute Gasteiger partial charge is 0.244 e. The average molecular weight is 845 g/mol. The van der Waals surface area contributed by atoms with Gasteiger partial charge in [0.15, 0.2) is 8.07 Å². The summed E-state index contributed by atoms with van der Waals surface area (Å²) in [7, 11) is -3.18. The van der Waals surface area contributed by atoms with Crippen LogP contribution in [0.25, 0.3) is 76.8 Å². The van der Waals surface area contributed by atoms with E-state index in [1.807, 2.05) is 0 Å². The maximum Gasteiger partial charge on any atom is 0.244 e. The van der Waals surface area contributed by atoms with E-state index in [4.69, 9.17) is 0 Å². The molecule has 0 radical (unpaired) electrons. The fourth-order valence-corrected chi connectivity index (χ4v) is 18.5. The van der Waals surface area contributed by atoms with Crippen LogP contribution in [-0.4, -0.2) is 21.5 Å². The Hall–Kier alpha value is -8.21. The van der Waals surface area contributed by atoms with Gasteiger partial charge < -0.3 is 0 Å². The summed E-state index contributed by atoms with van der Waals surface area (Å²) in [6, 6.07) is 75.7. The van der Waals surface area contributed by atoms with Crippen molar-refractivity contribution in [3.63, 3.8) is 0 Å². The van der Waals surface area contributed by atoms with Crippen molar-refractivity contribution >= 4 is 107 Å². The van der Waals surface area contributed by atoms with E-state index < -0.39 is 8.07 Å². The number of rotatable bonds is 4. The molecule has 298 valence electrons. The number of fused-ring (bicyclic) bond motifs is 10. The number of benzene rings is 11. The molecule has 0 amide bonds. The van der Waals surface area contributed by atoms with Gasteiger partial charge in [-0.2, -0.15) is 10.5 Å². The van der Waals surface area contributed by atoms with Crippen molar-refractivity contribution in [3.8, 4) is 56.6 Å². The summed E-state index contributed by atoms with van der Waals surface area (Å²) in [6.07, 6.45) is 0. The van der Waals surface area contributed by atoms with Crippen molar-refractivity contribution in [3.05, 3.63) is 205 Å². The van der Waals surface area contributed by atoms with E-state index in [1.165, 1.54) is 130 Å². The summed E-state index contributed by atoms with van der Waals surface area (Å²) in [5.41, 5.74) is 20.1. The van der Waals surface area contributed by atoms with Crippen molar-refractivity contribution in [1.29, 1.82) is 10.5 Å². The molecule has 4 heterocycles. The molecule has 0 fully saturated rings. The molecule has 0 spiro atoms. The summed E-state index contributed by atoms with van der Waals surface area (Å²) >= 11 is 0. The summed E-state index contributed by atoms with van der Waals surface area (Å²) in [4.78, 5) is 0. The predicted molar refractivity (Wildman–Crippen MR) is 279 cm³/mol. The third kappa shape index (κ3) is 4.28. The first kappa shape index (κ1) is 36.2. The Balaban J connectivity index is 1.23. The molecule has 4 aliphatic heterocycles. The lowest BCUT2D eigenvalue weighted by molar-refractivity contribution is 1.48. The van der Waals surface area contributed by atoms with Crippen molar-refractivity contribution in [1.82, 2.24) is 0 Å². The lowest BCUT2D eigenvalue weighted by Gasteiger charge is -2.38. The van der Waals surface area contributed by atoms with Gasteiger partial charge in [0.1, 0.15) is 0 Å². The second-order valence-electron chi connectivity index (χ2n) is 18.8. The maximum atomic E-state index is 10.8. The smallest absolute Gasteiger partial charge is 0.192 e. The zero-order valence-electron chi connectivity index (χ0n) is 35.9. The van der Waals surface area contributed by atoms with E-state index in [1.54, 1.807) is 0 Å². The highest BCUT2D eigenvalue weighted by molar-refractivity contribution is 7.21. The number of hydrogen-bond acceptors (Lipinski definition) is 2. The number of hydrogen-bond donors (Lipinski definition) is 0. The summed E-state index contributed by atoms with van der Waals surface area (Å²) < 4.78 is 0. The summed E-state index contributed by atoms with van der Waals surface area (Å²) in [5.74, 6) is 0. The van der Waals surface area contributed by atoms with E-state index in [0.29, 0.717) is 11.1 Å². The van der Waals surface area contributed by atoms with Gasteiger partial charge in [-0.3, -0.25) is 0 Å². The van der Waals surface area contributed by atoms with Gasteiger partial charge in [0, 0.05) is 0 Å². The molecular formula is C61H34B2N2Si. The van der Waals surface area contributed by atoms with Gasteiger partial charge in [0.05, 0.1) is 23.3 Å². The molecule has 0 N–H and O–H groups in total. The normalized spacial score (nSPS) is 13.1. The second kappa shape index (κ2) is 12.7. The van der Waals surface area contributed by atoms with Crippen molar-refractivity contribution in [2.75, 3.05) is 0 Å². The van der Waals surface area contributed by atoms with E-state index in [0.717, 1.165) is 5.56 Å². The highest BCUT2D eigenvalue weighted by atomic mass is 28.3. The first-order valence-electron chi connectivity index (χ1n) is 22.9. The first-order valence-corrected chi connectivity index (χ1v) is 24.9. The van der Waals surface area contributed by atoms with Crippen molar-refractivity contribution in [2.24, 2.45) is 0 Å². The van der Waals surface area contributed by atoms with Crippen LogP contribution in [-0.2, 0) is 0 Å². The zero-order valence-corrected chi connectivity index (χ0v) is 36.9. The van der Waals surface area contributed by atoms with Crippen LogP contribution in [0.15, 0.2) is 188 Å². The van der Waals surface area contributed by atoms with Crippen LogP contribution < -0.4 is 53.5 Å². The SMILES string of the molecule is Cc1cc2c3c(cc4c([Si](c5ccccc5)(c5ccccc5)c5ccccc5)cc5c6c(cc1c3c46)B1c3ccccc3-c3cc(C#N)cc-5c31)B1c3ccccc3-c3cc(C#N)cc-2c31. The van der Waals surface area contributed by atoms with Crippen LogP contribution in [0.5, 0.6) is 0 Å². The minimum absolute atomic E-state index is 0.00470. The molecule has 11 aromatic rings. The number of nitrogens with zero attached hydrogens (tertiary/aromatic N) is 2. The van der Waals surface area contributed by atoms with Gasteiger partial charge in [-0.25, -0.2) is 0 Å². The van der Waals surface area contributed by atoms with Crippen LogP contribution in [0.1, 0.15) is 16.7 Å². The Morgan fingerprint density at radius 3 is 1.23 bits per heavy atom. The van der Waals surface area contributed by atoms with Crippen LogP contribution in [0.3, 0.4) is 0 Å². The summed E-state index contributed by atoms with van der Waals surface area (Å²) in [5, 5.41) is 34.4. The Labute approximate surface area is 384 Å². The molecule has 0 unspecified atom stereocenters. The van der Waals surface area contributed by atoms with Gasteiger partial charge in [-0.1, -0.05) is 197 Å². The van der Waals surface area contributed by atoms with E-state index in [2.05, 4.69) is 207 Å². The molecule has 0 bridgehead atoms. The lowest BCUT2D eigenvalue weighted by Crippen LogP contribution is -2.75. The second-order valence-corrected chi connectivity index (χ2v) is 22.6. The molecular weight excluding hydrogens is 810 g/mol. The van der Waals surface area contributed by atoms with Crippen molar-refractivity contribution < 1.29 is 0 Å². The Kier molecular flexibility index (Phi) is 6.98. The van der Waals surface area contributed by atoms with Gasteiger partial charge in [-0.05, 0) is 134 Å². The third-order valence-electron chi connectivity index (χ3n) is 15.9. The quantitative estimate of drug-likeness (QED) is 0.109. The molecule has 2 nitrogen and oxygen atoms in total.